The SMILES string of the molecule is Cc1c(C(=O)NNC(=O)C2COc3ccccc3O2)cccc1[N+](=O)[O-]. The second-order valence-corrected chi connectivity index (χ2v) is 5.51. The summed E-state index contributed by atoms with van der Waals surface area (Å²) in [5, 5.41) is 10.9. The molecule has 0 bridgehead atoms. The van der Waals surface area contributed by atoms with Crippen molar-refractivity contribution in [2.75, 3.05) is 6.61 Å². The Morgan fingerprint density at radius 2 is 1.85 bits per heavy atom. The maximum atomic E-state index is 12.2. The smallest absolute Gasteiger partial charge is 0.283 e. The average molecular weight is 357 g/mol. The van der Waals surface area contributed by atoms with E-state index in [4.69, 9.17) is 9.47 Å². The molecule has 1 aliphatic heterocycles. The van der Waals surface area contributed by atoms with E-state index < -0.39 is 22.8 Å². The number of hydrogen-bond acceptors (Lipinski definition) is 6. The number of carbonyl (C=O) groups is 2. The van der Waals surface area contributed by atoms with Gasteiger partial charge in [0.05, 0.1) is 10.5 Å². The minimum Gasteiger partial charge on any atom is -0.485 e. The van der Waals surface area contributed by atoms with Crippen LogP contribution in [0, 0.1) is 17.0 Å². The van der Waals surface area contributed by atoms with Crippen molar-refractivity contribution in [3.05, 3.63) is 63.7 Å². The summed E-state index contributed by atoms with van der Waals surface area (Å²) in [4.78, 5) is 34.7. The zero-order valence-electron chi connectivity index (χ0n) is 13.7. The van der Waals surface area contributed by atoms with Gasteiger partial charge in [0.1, 0.15) is 6.61 Å². The maximum Gasteiger partial charge on any atom is 0.283 e. The molecule has 2 amide bonds. The number of hydrogen-bond donors (Lipinski definition) is 2. The van der Waals surface area contributed by atoms with Crippen molar-refractivity contribution in [3.8, 4) is 11.5 Å². The fourth-order valence-corrected chi connectivity index (χ4v) is 2.48. The lowest BCUT2D eigenvalue weighted by Gasteiger charge is -2.25. The molecule has 9 heteroatoms. The fraction of sp³-hybridized carbons (Fsp3) is 0.176. The molecule has 0 radical (unpaired) electrons. The predicted octanol–water partition coefficient (Wildman–Crippen LogP) is 1.50. The predicted molar refractivity (Wildman–Crippen MR) is 89.8 cm³/mol. The number of nitro benzene ring substituents is 1. The Bertz CT molecular complexity index is 883. The summed E-state index contributed by atoms with van der Waals surface area (Å²) in [5.41, 5.74) is 4.59. The number of rotatable bonds is 3. The molecule has 0 saturated heterocycles. The number of benzene rings is 2. The van der Waals surface area contributed by atoms with Crippen molar-refractivity contribution in [2.24, 2.45) is 0 Å². The van der Waals surface area contributed by atoms with E-state index in [2.05, 4.69) is 10.9 Å². The molecular weight excluding hydrogens is 342 g/mol. The van der Waals surface area contributed by atoms with E-state index in [1.54, 1.807) is 24.3 Å². The summed E-state index contributed by atoms with van der Waals surface area (Å²) >= 11 is 0. The third kappa shape index (κ3) is 3.41. The summed E-state index contributed by atoms with van der Waals surface area (Å²) in [6.07, 6.45) is -0.934. The van der Waals surface area contributed by atoms with E-state index in [-0.39, 0.29) is 23.4 Å². The highest BCUT2D eigenvalue weighted by Gasteiger charge is 2.28. The van der Waals surface area contributed by atoms with Gasteiger partial charge in [0, 0.05) is 11.6 Å². The Kier molecular flexibility index (Phi) is 4.70. The highest BCUT2D eigenvalue weighted by atomic mass is 16.6. The van der Waals surface area contributed by atoms with Gasteiger partial charge in [-0.15, -0.1) is 0 Å². The number of carbonyl (C=O) groups excluding carboxylic acids is 2. The number of nitrogens with one attached hydrogen (secondary N) is 2. The first-order valence-electron chi connectivity index (χ1n) is 7.70. The number of nitro groups is 1. The fourth-order valence-electron chi connectivity index (χ4n) is 2.48. The number of para-hydroxylation sites is 2. The van der Waals surface area contributed by atoms with Crippen LogP contribution in [0.5, 0.6) is 11.5 Å². The first kappa shape index (κ1) is 17.2. The molecule has 0 aromatic heterocycles. The molecule has 26 heavy (non-hydrogen) atoms. The highest BCUT2D eigenvalue weighted by Crippen LogP contribution is 2.30. The van der Waals surface area contributed by atoms with Gasteiger partial charge in [-0.3, -0.25) is 30.6 Å². The first-order valence-corrected chi connectivity index (χ1v) is 7.70. The van der Waals surface area contributed by atoms with Gasteiger partial charge in [-0.2, -0.15) is 0 Å². The Morgan fingerprint density at radius 3 is 2.58 bits per heavy atom. The molecule has 0 aliphatic carbocycles. The van der Waals surface area contributed by atoms with Crippen molar-refractivity contribution in [1.82, 2.24) is 10.9 Å². The van der Waals surface area contributed by atoms with Crippen LogP contribution < -0.4 is 20.3 Å². The van der Waals surface area contributed by atoms with E-state index in [0.717, 1.165) is 0 Å². The molecule has 1 unspecified atom stereocenters. The van der Waals surface area contributed by atoms with Crippen LogP contribution in [0.3, 0.4) is 0 Å². The van der Waals surface area contributed by atoms with Crippen molar-refractivity contribution in [3.63, 3.8) is 0 Å². The van der Waals surface area contributed by atoms with Crippen molar-refractivity contribution in [2.45, 2.75) is 13.0 Å². The maximum absolute atomic E-state index is 12.2. The van der Waals surface area contributed by atoms with E-state index in [9.17, 15) is 19.7 Å². The largest absolute Gasteiger partial charge is 0.485 e. The average Bonchev–Trinajstić information content (AvgIpc) is 2.65. The Morgan fingerprint density at radius 1 is 1.12 bits per heavy atom. The van der Waals surface area contributed by atoms with Crippen molar-refractivity contribution in [1.29, 1.82) is 0 Å². The van der Waals surface area contributed by atoms with Crippen LogP contribution in [-0.4, -0.2) is 29.4 Å². The summed E-state index contributed by atoms with van der Waals surface area (Å²) in [5.74, 6) is -0.305. The summed E-state index contributed by atoms with van der Waals surface area (Å²) in [7, 11) is 0. The number of hydrazine groups is 1. The van der Waals surface area contributed by atoms with Gasteiger partial charge >= 0.3 is 0 Å². The van der Waals surface area contributed by atoms with Crippen LogP contribution in [0.1, 0.15) is 15.9 Å². The molecular formula is C17H15N3O6. The summed E-state index contributed by atoms with van der Waals surface area (Å²) in [6.45, 7) is 1.46. The van der Waals surface area contributed by atoms with E-state index in [1.165, 1.54) is 25.1 Å². The molecule has 2 aromatic carbocycles. The normalized spacial score (nSPS) is 15.0. The lowest BCUT2D eigenvalue weighted by atomic mass is 10.1. The lowest BCUT2D eigenvalue weighted by molar-refractivity contribution is -0.385. The number of nitrogens with zero attached hydrogens (tertiary/aromatic N) is 1. The topological polar surface area (TPSA) is 120 Å². The molecule has 1 atom stereocenters. The molecule has 3 rings (SSSR count). The summed E-state index contributed by atoms with van der Waals surface area (Å²) in [6, 6.07) is 11.0. The molecule has 9 nitrogen and oxygen atoms in total. The van der Waals surface area contributed by atoms with Gasteiger partial charge in [-0.25, -0.2) is 0 Å². The van der Waals surface area contributed by atoms with Crippen LogP contribution in [-0.2, 0) is 4.79 Å². The van der Waals surface area contributed by atoms with Gasteiger partial charge in [0.15, 0.2) is 11.5 Å². The minimum absolute atomic E-state index is 0.00540. The van der Waals surface area contributed by atoms with Gasteiger partial charge in [0.2, 0.25) is 6.10 Å². The van der Waals surface area contributed by atoms with Gasteiger partial charge < -0.3 is 9.47 Å². The Labute approximate surface area is 148 Å². The minimum atomic E-state index is -0.934. The molecule has 0 fully saturated rings. The second-order valence-electron chi connectivity index (χ2n) is 5.51. The van der Waals surface area contributed by atoms with Crippen LogP contribution in [0.15, 0.2) is 42.5 Å². The van der Waals surface area contributed by atoms with Crippen molar-refractivity contribution >= 4 is 17.5 Å². The van der Waals surface area contributed by atoms with Gasteiger partial charge in [-0.1, -0.05) is 18.2 Å². The van der Waals surface area contributed by atoms with Gasteiger partial charge in [0.25, 0.3) is 17.5 Å². The number of fused-ring (bicyclic) bond motifs is 1. The zero-order chi connectivity index (χ0) is 18.7. The molecule has 2 aromatic rings. The van der Waals surface area contributed by atoms with E-state index in [0.29, 0.717) is 11.5 Å². The third-order valence-electron chi connectivity index (χ3n) is 3.85. The van der Waals surface area contributed by atoms with Gasteiger partial charge in [-0.05, 0) is 25.1 Å². The van der Waals surface area contributed by atoms with Crippen LogP contribution in [0.2, 0.25) is 0 Å². The second kappa shape index (κ2) is 7.09. The van der Waals surface area contributed by atoms with Crippen LogP contribution in [0.25, 0.3) is 0 Å². The zero-order valence-corrected chi connectivity index (χ0v) is 13.7. The van der Waals surface area contributed by atoms with E-state index in [1.807, 2.05) is 0 Å². The number of amides is 2. The molecule has 2 N–H and O–H groups in total. The van der Waals surface area contributed by atoms with Crippen LogP contribution >= 0.6 is 0 Å². The summed E-state index contributed by atoms with van der Waals surface area (Å²) < 4.78 is 11.0. The highest BCUT2D eigenvalue weighted by molar-refractivity contribution is 5.97. The number of ether oxygens (including phenoxy) is 2. The molecule has 1 aliphatic rings. The third-order valence-corrected chi connectivity index (χ3v) is 3.85. The quantitative estimate of drug-likeness (QED) is 0.634. The Balaban J connectivity index is 1.63. The molecule has 134 valence electrons. The lowest BCUT2D eigenvalue weighted by Crippen LogP contribution is -2.50. The molecule has 0 spiro atoms. The van der Waals surface area contributed by atoms with E-state index >= 15 is 0 Å². The first-order chi connectivity index (χ1) is 12.5. The Hall–Kier alpha value is -3.62. The van der Waals surface area contributed by atoms with Crippen molar-refractivity contribution < 1.29 is 24.0 Å². The molecule has 0 saturated carbocycles. The molecule has 1 heterocycles. The monoisotopic (exact) mass is 357 g/mol. The van der Waals surface area contributed by atoms with Crippen LogP contribution in [0.4, 0.5) is 5.69 Å². The standard InChI is InChI=1S/C17H15N3O6/c1-10-11(5-4-6-12(10)20(23)24)16(21)18-19-17(22)15-9-25-13-7-2-3-8-14(13)26-15/h2-8,15H,9H2,1H3,(H,18,21)(H,19,22).